The van der Waals surface area contributed by atoms with E-state index in [0.29, 0.717) is 0 Å². The molecule has 18 aromatic rings. The molecule has 0 unspecified atom stereocenters. The minimum Gasteiger partial charge on any atom is -0.0797 e. The van der Waals surface area contributed by atoms with Gasteiger partial charge in [0.05, 0.1) is 0 Å². The van der Waals surface area contributed by atoms with Crippen molar-refractivity contribution in [2.75, 3.05) is 0 Å². The van der Waals surface area contributed by atoms with Crippen molar-refractivity contribution < 1.29 is 0 Å². The van der Waals surface area contributed by atoms with E-state index in [9.17, 15) is 0 Å². The standard InChI is InChI=1S/C78H52/c1-9-37-25-45-33-57-65-41(13-5)29-47-36-60-64-40(12-4)28-44-32-56-54-24-20-18-22-52(54)50(16-8)62-38(10-2)26-46-34-58(76(64)70(44)68(46)74(56)62)66-42(14-6)30-48-35-59(77(65)71(47)72(48)78(60)66)63-39(11-3)27-43-31-55-53-23-19-17-21-51(53)49(15-7)61(37)73(55)67(45)69(43)75(57)63/h9-36H,1-8H3/b37-9+,38-10+,39-11+,40-12+,41-13+,42-14+,49-15+,50-16+. The molecule has 0 atom stereocenters. The van der Waals surface area contributed by atoms with Crippen molar-refractivity contribution in [3.8, 4) is 0 Å². The van der Waals surface area contributed by atoms with Crippen LogP contribution in [-0.4, -0.2) is 0 Å². The molecule has 0 aliphatic rings. The maximum atomic E-state index is 2.61. The van der Waals surface area contributed by atoms with Gasteiger partial charge in [-0.25, -0.2) is 0 Å². The van der Waals surface area contributed by atoms with E-state index in [2.05, 4.69) is 225 Å². The predicted octanol–water partition coefficient (Wildman–Crippen LogP) is 16.3. The first-order chi connectivity index (χ1) is 38.4. The SMILES string of the molecule is C/C=c1\cc2cc3c4/c(=C/C)cc5cc6c7/c(=C/C)cc8cc9c%10ccccc%10/c(=C\C)c%10/c(=C/C)cc%11cc(c%12/c(=C/C)cc%13cc(c%14/c(=C/C)cc%15cc%16c%17ccccc%17/c(=C\C)c1c%16c2c%15c3%14)c4c5c%13c6%12)c7c8c%11c%109. The summed E-state index contributed by atoms with van der Waals surface area (Å²) in [5.74, 6) is 0. The van der Waals surface area contributed by atoms with E-state index < -0.39 is 0 Å². The Morgan fingerprint density at radius 3 is 0.641 bits per heavy atom. The fourth-order valence-electron chi connectivity index (χ4n) is 16.7. The molecule has 364 valence electrons. The molecule has 0 radical (unpaired) electrons. The molecule has 78 heavy (non-hydrogen) atoms. The van der Waals surface area contributed by atoms with Crippen molar-refractivity contribution in [3.63, 3.8) is 0 Å². The molecule has 0 saturated carbocycles. The second kappa shape index (κ2) is 14.5. The highest BCUT2D eigenvalue weighted by Gasteiger charge is 2.28. The van der Waals surface area contributed by atoms with E-state index >= 15 is 0 Å². The zero-order valence-corrected chi connectivity index (χ0v) is 45.2. The largest absolute Gasteiger partial charge is 0.0797 e. The van der Waals surface area contributed by atoms with Crippen LogP contribution in [0.5, 0.6) is 0 Å². The van der Waals surface area contributed by atoms with Crippen LogP contribution in [0.4, 0.5) is 0 Å². The van der Waals surface area contributed by atoms with E-state index in [0.717, 1.165) is 0 Å². The minimum atomic E-state index is 1.29. The molecule has 0 aliphatic carbocycles. The van der Waals surface area contributed by atoms with Crippen LogP contribution in [0, 0.1) is 0 Å². The second-order valence-corrected chi connectivity index (χ2v) is 22.7. The smallest absolute Gasteiger partial charge is 0.000752 e. The number of hydrogen-bond acceptors (Lipinski definition) is 0. The molecule has 0 fully saturated rings. The van der Waals surface area contributed by atoms with E-state index in [1.165, 1.54) is 225 Å². The molecular formula is C78H52. The topological polar surface area (TPSA) is 0 Å². The van der Waals surface area contributed by atoms with Crippen LogP contribution < -0.4 is 41.7 Å². The molecule has 18 rings (SSSR count). The molecule has 0 spiro atoms. The highest BCUT2D eigenvalue weighted by Crippen LogP contribution is 2.53. The Morgan fingerprint density at radius 2 is 0.397 bits per heavy atom. The molecule has 0 aromatic heterocycles. The molecule has 0 aliphatic heterocycles. The number of fused-ring (bicyclic) bond motifs is 8. The second-order valence-electron chi connectivity index (χ2n) is 22.7. The summed E-state index contributed by atoms with van der Waals surface area (Å²) in [6.45, 7) is 17.9. The zero-order chi connectivity index (χ0) is 52.0. The third kappa shape index (κ3) is 4.69. The van der Waals surface area contributed by atoms with Gasteiger partial charge in [-0.05, 0) is 353 Å². The van der Waals surface area contributed by atoms with Crippen LogP contribution in [0.2, 0.25) is 0 Å². The summed E-state index contributed by atoms with van der Waals surface area (Å²) in [4.78, 5) is 0. The molecule has 0 saturated heterocycles. The van der Waals surface area contributed by atoms with Crippen molar-refractivity contribution in [1.82, 2.24) is 0 Å². The van der Waals surface area contributed by atoms with Crippen molar-refractivity contribution in [2.24, 2.45) is 0 Å². The van der Waals surface area contributed by atoms with E-state index in [-0.39, 0.29) is 0 Å². The summed E-state index contributed by atoms with van der Waals surface area (Å²) < 4.78 is 0. The van der Waals surface area contributed by atoms with Crippen LogP contribution in [0.25, 0.3) is 232 Å². The van der Waals surface area contributed by atoms with Crippen LogP contribution in [0.3, 0.4) is 0 Å². The van der Waals surface area contributed by atoms with Gasteiger partial charge >= 0.3 is 0 Å². The fraction of sp³-hybridized carbons (Fsp3) is 0.103. The maximum absolute atomic E-state index is 2.61. The summed E-state index contributed by atoms with van der Waals surface area (Å²) >= 11 is 0. The molecule has 0 heteroatoms. The lowest BCUT2D eigenvalue weighted by atomic mass is 9.77. The summed E-state index contributed by atoms with van der Waals surface area (Å²) in [7, 11) is 0. The van der Waals surface area contributed by atoms with Crippen molar-refractivity contribution >= 4 is 232 Å². The highest BCUT2D eigenvalue weighted by molar-refractivity contribution is 6.51. The Morgan fingerprint density at radius 1 is 0.179 bits per heavy atom. The Kier molecular flexibility index (Phi) is 7.99. The third-order valence-electron chi connectivity index (χ3n) is 19.6. The van der Waals surface area contributed by atoms with E-state index in [1.54, 1.807) is 0 Å². The molecular weight excluding hydrogens is 937 g/mol. The van der Waals surface area contributed by atoms with Crippen LogP contribution >= 0.6 is 0 Å². The van der Waals surface area contributed by atoms with Gasteiger partial charge in [-0.15, -0.1) is 0 Å². The van der Waals surface area contributed by atoms with Crippen LogP contribution in [0.15, 0.2) is 121 Å². The van der Waals surface area contributed by atoms with Gasteiger partial charge in [0.1, 0.15) is 0 Å². The summed E-state index contributed by atoms with van der Waals surface area (Å²) in [5, 5.41) is 56.5. The van der Waals surface area contributed by atoms with Gasteiger partial charge in [0.25, 0.3) is 0 Å². The van der Waals surface area contributed by atoms with Gasteiger partial charge in [-0.1, -0.05) is 97.1 Å². The Hall–Kier alpha value is -9.10. The van der Waals surface area contributed by atoms with E-state index in [4.69, 9.17) is 0 Å². The highest BCUT2D eigenvalue weighted by atomic mass is 14.3. The molecule has 0 amide bonds. The van der Waals surface area contributed by atoms with Crippen molar-refractivity contribution in [2.45, 2.75) is 55.4 Å². The molecule has 0 N–H and O–H groups in total. The summed E-state index contributed by atoms with van der Waals surface area (Å²) in [5.41, 5.74) is 0. The summed E-state index contributed by atoms with van der Waals surface area (Å²) in [6.07, 6.45) is 18.9. The minimum absolute atomic E-state index is 1.29. The Balaban J connectivity index is 1.10. The van der Waals surface area contributed by atoms with Gasteiger partial charge < -0.3 is 0 Å². The lowest BCUT2D eigenvalue weighted by molar-refractivity contribution is 1.67. The van der Waals surface area contributed by atoms with Crippen molar-refractivity contribution in [3.05, 3.63) is 163 Å². The van der Waals surface area contributed by atoms with Crippen LogP contribution in [0.1, 0.15) is 55.4 Å². The van der Waals surface area contributed by atoms with Gasteiger partial charge in [-0.2, -0.15) is 0 Å². The number of hydrogen-bond donors (Lipinski definition) is 0. The molecule has 0 bridgehead atoms. The van der Waals surface area contributed by atoms with Gasteiger partial charge in [0.15, 0.2) is 0 Å². The number of benzene rings is 18. The Bertz CT molecular complexity index is 6010. The average Bonchev–Trinajstić information content (AvgIpc) is 1.51. The fourth-order valence-corrected chi connectivity index (χ4v) is 16.7. The normalized spacial score (nSPS) is 15.5. The lowest BCUT2D eigenvalue weighted by Gasteiger charge is -2.25. The lowest BCUT2D eigenvalue weighted by Crippen LogP contribution is -2.16. The van der Waals surface area contributed by atoms with Crippen LogP contribution in [-0.2, 0) is 0 Å². The van der Waals surface area contributed by atoms with Gasteiger partial charge in [-0.3, -0.25) is 0 Å². The summed E-state index contributed by atoms with van der Waals surface area (Å²) in [6, 6.07) is 48.8. The Labute approximate surface area is 447 Å². The molecule has 0 nitrogen and oxygen atoms in total. The van der Waals surface area contributed by atoms with E-state index in [1.807, 2.05) is 0 Å². The quantitative estimate of drug-likeness (QED) is 0.105. The first-order valence-electron chi connectivity index (χ1n) is 28.3. The van der Waals surface area contributed by atoms with Gasteiger partial charge in [0.2, 0.25) is 0 Å². The van der Waals surface area contributed by atoms with Gasteiger partial charge in [0, 0.05) is 0 Å². The number of rotatable bonds is 0. The maximum Gasteiger partial charge on any atom is -0.000752 e. The molecule has 18 aromatic carbocycles. The predicted molar refractivity (Wildman–Crippen MR) is 349 cm³/mol. The first kappa shape index (κ1) is 43.0. The third-order valence-corrected chi connectivity index (χ3v) is 19.6. The zero-order valence-electron chi connectivity index (χ0n) is 45.2. The monoisotopic (exact) mass is 988 g/mol. The van der Waals surface area contributed by atoms with Crippen molar-refractivity contribution in [1.29, 1.82) is 0 Å². The molecule has 0 heterocycles. The first-order valence-corrected chi connectivity index (χ1v) is 28.3. The average molecular weight is 989 g/mol.